The molecule has 0 aromatic carbocycles. The number of nitrogens with zero attached hydrogens (tertiary/aromatic N) is 1. The molecule has 0 saturated heterocycles. The van der Waals surface area contributed by atoms with Crippen molar-refractivity contribution in [1.82, 2.24) is 4.98 Å². The van der Waals surface area contributed by atoms with Gasteiger partial charge in [0.2, 0.25) is 10.4 Å². The first-order valence-electron chi connectivity index (χ1n) is 2.19. The van der Waals surface area contributed by atoms with Crippen LogP contribution in [0.4, 0.5) is 0 Å². The topological polar surface area (TPSA) is 12.9 Å². The molecule has 1 rings (SSSR count). The van der Waals surface area contributed by atoms with Crippen molar-refractivity contribution in [3.63, 3.8) is 0 Å². The van der Waals surface area contributed by atoms with Gasteiger partial charge in [0.25, 0.3) is 0 Å². The van der Waals surface area contributed by atoms with Crippen molar-refractivity contribution in [2.75, 3.05) is 0 Å². The highest BCUT2D eigenvalue weighted by molar-refractivity contribution is 7.28. The maximum Gasteiger partial charge on any atom is 0.243 e. The summed E-state index contributed by atoms with van der Waals surface area (Å²) >= 11 is 0. The van der Waals surface area contributed by atoms with Crippen LogP contribution in [0.2, 0.25) is 0 Å². The summed E-state index contributed by atoms with van der Waals surface area (Å²) in [6, 6.07) is 0. The van der Waals surface area contributed by atoms with Crippen LogP contribution in [0, 0.1) is 12.3 Å². The molecule has 0 radical (unpaired) electrons. The van der Waals surface area contributed by atoms with E-state index < -0.39 is 0 Å². The van der Waals surface area contributed by atoms with Gasteiger partial charge in [-0.25, -0.2) is 4.98 Å². The number of hydrogen-bond acceptors (Lipinski definition) is 1. The molecule has 0 spiro atoms. The first-order valence-corrected chi connectivity index (χ1v) is 3.89. The fraction of sp³-hybridized carbons (Fsp3) is 0.167. The van der Waals surface area contributed by atoms with Gasteiger partial charge in [0.1, 0.15) is 12.5 Å². The molecule has 0 amide bonds. The van der Waals surface area contributed by atoms with Crippen LogP contribution in [0.5, 0.6) is 0 Å². The van der Waals surface area contributed by atoms with Crippen molar-refractivity contribution in [3.05, 3.63) is 16.6 Å². The summed E-state index contributed by atoms with van der Waals surface area (Å²) in [5.74, 6) is 2.56. The Morgan fingerprint density at radius 2 is 2.62 bits per heavy atom. The van der Waals surface area contributed by atoms with E-state index >= 15 is 0 Å². The first kappa shape index (κ1) is 5.33. The fourth-order valence-electron chi connectivity index (χ4n) is 0.460. The Bertz CT molecular complexity index is 219. The normalized spacial score (nSPS) is 10.8. The lowest BCUT2D eigenvalue weighted by Gasteiger charge is -1.68. The monoisotopic (exact) mass is 124 g/mol. The third-order valence-corrected chi connectivity index (χ3v) is 2.25. The third kappa shape index (κ3) is 0.728. The summed E-state index contributed by atoms with van der Waals surface area (Å²) in [6.07, 6.45) is 8.93. The number of hydrogen-bond donors (Lipinski definition) is 0. The predicted molar refractivity (Wildman–Crippen MR) is 35.6 cm³/mol. The Morgan fingerprint density at radius 1 is 1.88 bits per heavy atom. The van der Waals surface area contributed by atoms with Crippen LogP contribution in [-0.4, -0.2) is 4.98 Å². The van der Waals surface area contributed by atoms with Crippen molar-refractivity contribution in [2.45, 2.75) is 0 Å². The molecule has 2 heteroatoms. The molecular formula is C6H6NS+. The van der Waals surface area contributed by atoms with E-state index in [-0.39, 0.29) is 10.5 Å². The maximum atomic E-state index is 5.13. The number of thiazole rings is 1. The molecular weight excluding hydrogens is 118 g/mol. The number of rotatable bonds is 0. The minimum Gasteiger partial charge on any atom is -0.207 e. The van der Waals surface area contributed by atoms with E-state index in [1.54, 1.807) is 6.20 Å². The average Bonchev–Trinajstić information content (AvgIpc) is 2.14. The minimum atomic E-state index is 0.123. The van der Waals surface area contributed by atoms with E-state index in [4.69, 9.17) is 6.42 Å². The molecule has 40 valence electrons. The molecule has 0 aliphatic rings. The van der Waals surface area contributed by atoms with Crippen molar-refractivity contribution in [3.8, 4) is 12.3 Å². The van der Waals surface area contributed by atoms with Gasteiger partial charge < -0.3 is 0 Å². The highest BCUT2D eigenvalue weighted by Crippen LogP contribution is 2.15. The van der Waals surface area contributed by atoms with E-state index in [1.807, 2.05) is 5.51 Å². The summed E-state index contributed by atoms with van der Waals surface area (Å²) in [5, 5.41) is 0. The molecule has 1 atom stereocenters. The molecule has 0 fully saturated rings. The molecule has 0 bridgehead atoms. The first-order chi connectivity index (χ1) is 3.84. The molecule has 1 aromatic heterocycles. The van der Waals surface area contributed by atoms with Gasteiger partial charge in [-0.15, -0.1) is 6.42 Å². The summed E-state index contributed by atoms with van der Waals surface area (Å²) in [7, 11) is 0.123. The molecule has 1 aromatic rings. The summed E-state index contributed by atoms with van der Waals surface area (Å²) < 4.78 is 0. The molecule has 0 N–H and O–H groups in total. The van der Waals surface area contributed by atoms with Gasteiger partial charge in [0.05, 0.1) is 0 Å². The molecule has 0 saturated carbocycles. The molecule has 0 aliphatic carbocycles. The van der Waals surface area contributed by atoms with Gasteiger partial charge in [-0.1, -0.05) is 0 Å². The second-order valence-corrected chi connectivity index (χ2v) is 3.22. The second-order valence-electron chi connectivity index (χ2n) is 1.45. The Labute approximate surface area is 51.4 Å². The predicted octanol–water partition coefficient (Wildman–Crippen LogP) is 1.35. The highest BCUT2D eigenvalue weighted by Gasteiger charge is 2.02. The zero-order valence-electron chi connectivity index (χ0n) is 4.59. The summed E-state index contributed by atoms with van der Waals surface area (Å²) in [6.45, 7) is 0. The lowest BCUT2D eigenvalue weighted by molar-refractivity contribution is 1.42. The van der Waals surface area contributed by atoms with Crippen molar-refractivity contribution < 1.29 is 0 Å². The van der Waals surface area contributed by atoms with E-state index in [9.17, 15) is 0 Å². The number of aryl methyl sites for hydroxylation is 1. The van der Waals surface area contributed by atoms with Crippen LogP contribution in [0.15, 0.2) is 11.7 Å². The van der Waals surface area contributed by atoms with Crippen LogP contribution >= 0.6 is 10.5 Å². The smallest absolute Gasteiger partial charge is 0.207 e. The Morgan fingerprint density at radius 3 is 2.88 bits per heavy atom. The van der Waals surface area contributed by atoms with Crippen molar-refractivity contribution in [1.29, 1.82) is 0 Å². The minimum absolute atomic E-state index is 0.123. The van der Waals surface area contributed by atoms with Crippen LogP contribution in [-0.2, 0) is 6.26 Å². The molecule has 1 unspecified atom stereocenters. The molecule has 0 aliphatic heterocycles. The highest BCUT2D eigenvalue weighted by atomic mass is 32.2. The fourth-order valence-corrected chi connectivity index (χ4v) is 1.23. The molecule has 8 heavy (non-hydrogen) atoms. The maximum absolute atomic E-state index is 5.13. The van der Waals surface area contributed by atoms with Crippen molar-refractivity contribution in [2.24, 2.45) is 6.26 Å². The van der Waals surface area contributed by atoms with E-state index in [1.165, 1.54) is 0 Å². The van der Waals surface area contributed by atoms with Crippen LogP contribution < -0.4 is 0 Å². The van der Waals surface area contributed by atoms with E-state index in [0.29, 0.717) is 0 Å². The van der Waals surface area contributed by atoms with Crippen LogP contribution in [0.25, 0.3) is 0 Å². The number of aromatic nitrogens is 1. The zero-order chi connectivity index (χ0) is 5.98. The third-order valence-electron chi connectivity index (χ3n) is 0.900. The van der Waals surface area contributed by atoms with Gasteiger partial charge in [0, 0.05) is 10.5 Å². The Hall–Kier alpha value is -0.810. The summed E-state index contributed by atoms with van der Waals surface area (Å²) in [4.78, 5) is 4.90. The quantitative estimate of drug-likeness (QED) is 0.376. The SMILES string of the molecule is C#Cc1cnc[s+]1C. The van der Waals surface area contributed by atoms with Gasteiger partial charge in [0.15, 0.2) is 0 Å². The van der Waals surface area contributed by atoms with Crippen LogP contribution in [0.1, 0.15) is 4.88 Å². The average molecular weight is 124 g/mol. The molecule has 1 nitrogen and oxygen atoms in total. The van der Waals surface area contributed by atoms with E-state index in [0.717, 1.165) is 4.88 Å². The van der Waals surface area contributed by atoms with Gasteiger partial charge >= 0.3 is 0 Å². The standard InChI is InChI=1S/C6H6NS/c1-3-6-4-7-5-8(6)2/h1,4-5H,2H3/q+1. The molecule has 1 heterocycles. The largest absolute Gasteiger partial charge is 0.243 e. The Kier molecular flexibility index (Phi) is 1.32. The van der Waals surface area contributed by atoms with Gasteiger partial charge in [-0.2, -0.15) is 0 Å². The zero-order valence-corrected chi connectivity index (χ0v) is 5.40. The summed E-state index contributed by atoms with van der Waals surface area (Å²) in [5.41, 5.74) is 1.87. The number of terminal acetylenes is 1. The second kappa shape index (κ2) is 1.97. The van der Waals surface area contributed by atoms with Gasteiger partial charge in [-0.3, -0.25) is 0 Å². The lowest BCUT2D eigenvalue weighted by atomic mass is 10.6. The van der Waals surface area contributed by atoms with Gasteiger partial charge in [-0.05, 0) is 5.92 Å². The van der Waals surface area contributed by atoms with E-state index in [2.05, 4.69) is 17.2 Å². The lowest BCUT2D eigenvalue weighted by Crippen LogP contribution is -1.59. The van der Waals surface area contributed by atoms with Crippen molar-refractivity contribution >= 4 is 10.5 Å². The van der Waals surface area contributed by atoms with Crippen LogP contribution in [0.3, 0.4) is 0 Å². The Balaban J connectivity index is 3.15.